The fourth-order valence-electron chi connectivity index (χ4n) is 3.54. The Hall–Kier alpha value is -1.66. The Balaban J connectivity index is 1.79. The van der Waals surface area contributed by atoms with Crippen LogP contribution in [0.5, 0.6) is 0 Å². The molecule has 1 fully saturated rings. The number of benzene rings is 1. The molecule has 0 radical (unpaired) electrons. The van der Waals surface area contributed by atoms with Crippen LogP contribution in [0.3, 0.4) is 0 Å². The summed E-state index contributed by atoms with van der Waals surface area (Å²) in [5, 5.41) is 16.9. The third-order valence-corrected chi connectivity index (χ3v) is 12.7. The fourth-order valence-corrected chi connectivity index (χ4v) is 5.07. The van der Waals surface area contributed by atoms with Crippen LogP contribution in [0.25, 0.3) is 0 Å². The van der Waals surface area contributed by atoms with E-state index in [2.05, 4.69) is 76.5 Å². The number of halogens is 2. The van der Waals surface area contributed by atoms with Crippen molar-refractivity contribution in [3.05, 3.63) is 39.0 Å². The van der Waals surface area contributed by atoms with Gasteiger partial charge in [0.15, 0.2) is 8.32 Å². The lowest BCUT2D eigenvalue weighted by atomic mass is 10.1. The molecule has 1 aliphatic rings. The van der Waals surface area contributed by atoms with Crippen LogP contribution in [-0.2, 0) is 11.0 Å². The van der Waals surface area contributed by atoms with Crippen molar-refractivity contribution in [2.24, 2.45) is 5.92 Å². The SMILES string of the molecule is Cc1cnc(Nc2cc(Cl)c(Br)c(CO[Si](C)(C)C(C)(C)C)c2)nc1N[C@@H]1CCC[C@H]1C#N. The van der Waals surface area contributed by atoms with Crippen LogP contribution < -0.4 is 10.6 Å². The minimum Gasteiger partial charge on any atom is -0.413 e. The zero-order valence-corrected chi connectivity index (χ0v) is 23.6. The number of hydrogen-bond acceptors (Lipinski definition) is 6. The highest BCUT2D eigenvalue weighted by molar-refractivity contribution is 9.10. The highest BCUT2D eigenvalue weighted by Gasteiger charge is 2.37. The van der Waals surface area contributed by atoms with Gasteiger partial charge < -0.3 is 15.1 Å². The van der Waals surface area contributed by atoms with Gasteiger partial charge in [-0.25, -0.2) is 4.98 Å². The molecule has 1 aromatic heterocycles. The Morgan fingerprint density at radius 2 is 2.03 bits per heavy atom. The van der Waals surface area contributed by atoms with Gasteiger partial charge in [-0.05, 0) is 77.9 Å². The lowest BCUT2D eigenvalue weighted by Gasteiger charge is -2.36. The summed E-state index contributed by atoms with van der Waals surface area (Å²) >= 11 is 10.1. The molecule has 0 bridgehead atoms. The maximum atomic E-state index is 9.39. The molecule has 3 rings (SSSR count). The van der Waals surface area contributed by atoms with Crippen molar-refractivity contribution in [1.82, 2.24) is 9.97 Å². The molecule has 0 spiro atoms. The zero-order valence-electron chi connectivity index (χ0n) is 20.2. The molecule has 1 aliphatic carbocycles. The number of nitriles is 1. The molecule has 1 saturated carbocycles. The van der Waals surface area contributed by atoms with Gasteiger partial charge in [0.1, 0.15) is 5.82 Å². The molecular formula is C24H33BrClN5OSi. The molecule has 2 N–H and O–H groups in total. The minimum absolute atomic E-state index is 0.0181. The molecule has 6 nitrogen and oxygen atoms in total. The first-order valence-electron chi connectivity index (χ1n) is 11.3. The van der Waals surface area contributed by atoms with Crippen molar-refractivity contribution in [3.63, 3.8) is 0 Å². The summed E-state index contributed by atoms with van der Waals surface area (Å²) in [5.41, 5.74) is 2.71. The van der Waals surface area contributed by atoms with Gasteiger partial charge in [-0.15, -0.1) is 0 Å². The average molecular weight is 551 g/mol. The maximum absolute atomic E-state index is 9.39. The van der Waals surface area contributed by atoms with E-state index >= 15 is 0 Å². The fraction of sp³-hybridized carbons (Fsp3) is 0.542. The Bertz CT molecular complexity index is 1050. The molecule has 33 heavy (non-hydrogen) atoms. The largest absolute Gasteiger partial charge is 0.413 e. The highest BCUT2D eigenvalue weighted by atomic mass is 79.9. The first-order chi connectivity index (χ1) is 15.4. The predicted molar refractivity (Wildman–Crippen MR) is 142 cm³/mol. The lowest BCUT2D eigenvalue weighted by Crippen LogP contribution is -2.40. The Kier molecular flexibility index (Phi) is 8.10. The summed E-state index contributed by atoms with van der Waals surface area (Å²) < 4.78 is 7.24. The number of anilines is 3. The normalized spacial score (nSPS) is 18.8. The maximum Gasteiger partial charge on any atom is 0.229 e. The summed E-state index contributed by atoms with van der Waals surface area (Å²) in [4.78, 5) is 9.12. The van der Waals surface area contributed by atoms with Crippen LogP contribution in [-0.4, -0.2) is 24.3 Å². The summed E-state index contributed by atoms with van der Waals surface area (Å²) in [7, 11) is -1.90. The minimum atomic E-state index is -1.90. The lowest BCUT2D eigenvalue weighted by molar-refractivity contribution is 0.276. The van der Waals surface area contributed by atoms with Gasteiger partial charge in [-0.3, -0.25) is 0 Å². The quantitative estimate of drug-likeness (QED) is 0.346. The Labute approximate surface area is 211 Å². The van der Waals surface area contributed by atoms with E-state index in [4.69, 9.17) is 16.0 Å². The second-order valence-corrected chi connectivity index (χ2v) is 16.3. The molecule has 2 aromatic rings. The van der Waals surface area contributed by atoms with Gasteiger partial charge in [0.2, 0.25) is 5.95 Å². The second-order valence-electron chi connectivity index (χ2n) is 10.2. The summed E-state index contributed by atoms with van der Waals surface area (Å²) in [5.74, 6) is 1.25. The van der Waals surface area contributed by atoms with Gasteiger partial charge in [0, 0.05) is 28.0 Å². The number of nitrogens with zero attached hydrogens (tertiary/aromatic N) is 3. The number of aromatic nitrogens is 2. The first-order valence-corrected chi connectivity index (χ1v) is 15.4. The number of hydrogen-bond donors (Lipinski definition) is 2. The van der Waals surface area contributed by atoms with Gasteiger partial charge in [0.25, 0.3) is 0 Å². The first kappa shape index (κ1) is 26.0. The van der Waals surface area contributed by atoms with Crippen LogP contribution in [0.4, 0.5) is 17.5 Å². The van der Waals surface area contributed by atoms with Gasteiger partial charge in [0.05, 0.1) is 23.6 Å². The average Bonchev–Trinajstić information content (AvgIpc) is 3.18. The van der Waals surface area contributed by atoms with E-state index in [1.54, 1.807) is 6.20 Å². The van der Waals surface area contributed by atoms with Crippen LogP contribution in [0.2, 0.25) is 23.2 Å². The smallest absolute Gasteiger partial charge is 0.229 e. The third kappa shape index (κ3) is 6.27. The van der Waals surface area contributed by atoms with Gasteiger partial charge >= 0.3 is 0 Å². The Morgan fingerprint density at radius 1 is 1.30 bits per heavy atom. The molecule has 9 heteroatoms. The van der Waals surface area contributed by atoms with Crippen molar-refractivity contribution in [1.29, 1.82) is 5.26 Å². The summed E-state index contributed by atoms with van der Waals surface area (Å²) in [6.07, 6.45) is 4.75. The van der Waals surface area contributed by atoms with E-state index in [1.807, 2.05) is 19.1 Å². The molecule has 178 valence electrons. The molecule has 0 unspecified atom stereocenters. The van der Waals surface area contributed by atoms with E-state index in [9.17, 15) is 5.26 Å². The van der Waals surface area contributed by atoms with Crippen molar-refractivity contribution < 1.29 is 4.43 Å². The van der Waals surface area contributed by atoms with E-state index in [0.29, 0.717) is 17.6 Å². The molecule has 1 aromatic carbocycles. The van der Waals surface area contributed by atoms with Crippen molar-refractivity contribution >= 4 is 53.3 Å². The second kappa shape index (κ2) is 10.3. The van der Waals surface area contributed by atoms with Crippen LogP contribution in [0.1, 0.15) is 51.2 Å². The van der Waals surface area contributed by atoms with Crippen molar-refractivity contribution in [2.45, 2.75) is 77.7 Å². The van der Waals surface area contributed by atoms with Crippen molar-refractivity contribution in [2.75, 3.05) is 10.6 Å². The van der Waals surface area contributed by atoms with Crippen LogP contribution in [0.15, 0.2) is 22.8 Å². The number of nitrogens with one attached hydrogen (secondary N) is 2. The van der Waals surface area contributed by atoms with E-state index in [-0.39, 0.29) is 17.0 Å². The standard InChI is InChI=1S/C24H33BrClN5OSi/c1-15-13-28-23(31-22(15)30-20-9-7-8-16(20)12-27)29-18-10-17(21(25)19(26)11-18)14-32-33(5,6)24(2,3)4/h10-11,13,16,20H,7-9,14H2,1-6H3,(H2,28,29,30,31)/t16-,20+/m0/s1. The zero-order chi connectivity index (χ0) is 24.4. The van der Waals surface area contributed by atoms with Crippen LogP contribution >= 0.6 is 27.5 Å². The molecule has 0 aliphatic heterocycles. The molecule has 1 heterocycles. The number of aryl methyl sites for hydroxylation is 1. The Morgan fingerprint density at radius 3 is 2.70 bits per heavy atom. The monoisotopic (exact) mass is 549 g/mol. The molecule has 0 amide bonds. The van der Waals surface area contributed by atoms with Gasteiger partial charge in [-0.2, -0.15) is 10.2 Å². The molecule has 0 saturated heterocycles. The van der Waals surface area contributed by atoms with Crippen molar-refractivity contribution in [3.8, 4) is 6.07 Å². The topological polar surface area (TPSA) is 82.9 Å². The summed E-state index contributed by atoms with van der Waals surface area (Å²) in [6.45, 7) is 13.6. The third-order valence-electron chi connectivity index (χ3n) is 6.73. The highest BCUT2D eigenvalue weighted by Crippen LogP contribution is 2.39. The van der Waals surface area contributed by atoms with Gasteiger partial charge in [-0.1, -0.05) is 32.4 Å². The van der Waals surface area contributed by atoms with E-state index in [1.165, 1.54) is 0 Å². The summed E-state index contributed by atoms with van der Waals surface area (Å²) in [6, 6.07) is 6.39. The van der Waals surface area contributed by atoms with E-state index < -0.39 is 8.32 Å². The predicted octanol–water partition coefficient (Wildman–Crippen LogP) is 7.57. The molecule has 2 atom stereocenters. The number of rotatable bonds is 7. The molecular weight excluding hydrogens is 518 g/mol. The van der Waals surface area contributed by atoms with Crippen LogP contribution in [0, 0.1) is 24.2 Å². The van der Waals surface area contributed by atoms with E-state index in [0.717, 1.165) is 46.4 Å².